The number of hydrogen-bond donors (Lipinski definition) is 3. The van der Waals surface area contributed by atoms with Crippen LogP contribution in [0, 0.1) is 6.92 Å². The molecule has 2 aromatic carbocycles. The number of hydrogen-bond acceptors (Lipinski definition) is 4. The molecule has 0 aliphatic heterocycles. The Bertz CT molecular complexity index is 784. The van der Waals surface area contributed by atoms with Gasteiger partial charge in [0, 0.05) is 10.6 Å². The molecule has 0 aliphatic rings. The monoisotopic (exact) mass is 377 g/mol. The summed E-state index contributed by atoms with van der Waals surface area (Å²) >= 11 is 10.8. The van der Waals surface area contributed by atoms with E-state index in [4.69, 9.17) is 28.6 Å². The number of carbonyl (C=O) groups is 2. The molecule has 0 fully saturated rings. The van der Waals surface area contributed by atoms with Gasteiger partial charge < -0.3 is 4.74 Å². The molecule has 130 valence electrons. The third kappa shape index (κ3) is 6.06. The second-order valence-corrected chi connectivity index (χ2v) is 5.87. The SMILES string of the molecule is Cc1cc(Cl)ccc1OCC(=O)NC(=S)NNC(=O)c1ccccc1. The van der Waals surface area contributed by atoms with E-state index in [1.54, 1.807) is 48.5 Å². The molecule has 0 atom stereocenters. The molecule has 2 aromatic rings. The van der Waals surface area contributed by atoms with Crippen LogP contribution in [0.1, 0.15) is 15.9 Å². The van der Waals surface area contributed by atoms with E-state index in [9.17, 15) is 9.59 Å². The van der Waals surface area contributed by atoms with Crippen LogP contribution in [0.4, 0.5) is 0 Å². The van der Waals surface area contributed by atoms with Gasteiger partial charge in [-0.1, -0.05) is 29.8 Å². The first-order valence-corrected chi connectivity index (χ1v) is 8.08. The van der Waals surface area contributed by atoms with E-state index >= 15 is 0 Å². The van der Waals surface area contributed by atoms with Crippen LogP contribution in [-0.2, 0) is 4.79 Å². The average molecular weight is 378 g/mol. The second-order valence-electron chi connectivity index (χ2n) is 5.02. The summed E-state index contributed by atoms with van der Waals surface area (Å²) in [5.74, 6) is -0.276. The molecule has 0 saturated carbocycles. The normalized spacial score (nSPS) is 9.84. The smallest absolute Gasteiger partial charge is 0.269 e. The van der Waals surface area contributed by atoms with Crippen molar-refractivity contribution in [3.63, 3.8) is 0 Å². The maximum Gasteiger partial charge on any atom is 0.269 e. The fourth-order valence-corrected chi connectivity index (χ4v) is 2.28. The highest BCUT2D eigenvalue weighted by molar-refractivity contribution is 7.80. The van der Waals surface area contributed by atoms with Gasteiger partial charge in [0.15, 0.2) is 11.7 Å². The van der Waals surface area contributed by atoms with E-state index in [0.29, 0.717) is 16.3 Å². The number of hydrazine groups is 1. The van der Waals surface area contributed by atoms with Gasteiger partial charge in [-0.15, -0.1) is 0 Å². The summed E-state index contributed by atoms with van der Waals surface area (Å²) in [5, 5.41) is 2.96. The van der Waals surface area contributed by atoms with Gasteiger partial charge >= 0.3 is 0 Å². The number of benzene rings is 2. The molecule has 25 heavy (non-hydrogen) atoms. The topological polar surface area (TPSA) is 79.5 Å². The molecule has 2 amide bonds. The molecule has 0 bridgehead atoms. The highest BCUT2D eigenvalue weighted by Gasteiger charge is 2.09. The number of carbonyl (C=O) groups excluding carboxylic acids is 2. The molecule has 6 nitrogen and oxygen atoms in total. The van der Waals surface area contributed by atoms with Crippen LogP contribution in [-0.4, -0.2) is 23.5 Å². The lowest BCUT2D eigenvalue weighted by Gasteiger charge is -2.12. The fourth-order valence-electron chi connectivity index (χ4n) is 1.89. The van der Waals surface area contributed by atoms with Gasteiger partial charge in [0.2, 0.25) is 0 Å². The lowest BCUT2D eigenvalue weighted by atomic mass is 10.2. The average Bonchev–Trinajstić information content (AvgIpc) is 2.59. The number of halogens is 1. The van der Waals surface area contributed by atoms with Gasteiger partial charge in [0.25, 0.3) is 11.8 Å². The molecule has 0 spiro atoms. The Morgan fingerprint density at radius 3 is 2.52 bits per heavy atom. The predicted molar refractivity (Wildman–Crippen MR) is 99.5 cm³/mol. The summed E-state index contributed by atoms with van der Waals surface area (Å²) in [4.78, 5) is 23.6. The van der Waals surface area contributed by atoms with Crippen LogP contribution in [0.5, 0.6) is 5.75 Å². The van der Waals surface area contributed by atoms with E-state index < -0.39 is 5.91 Å². The standard InChI is InChI=1S/C17H16ClN3O3S/c1-11-9-13(18)7-8-14(11)24-10-15(22)19-17(25)21-20-16(23)12-5-3-2-4-6-12/h2-9H,10H2,1H3,(H,20,23)(H2,19,21,22,25). The number of nitrogens with one attached hydrogen (secondary N) is 3. The van der Waals surface area contributed by atoms with Crippen molar-refractivity contribution in [1.29, 1.82) is 0 Å². The zero-order chi connectivity index (χ0) is 18.2. The molecule has 0 saturated heterocycles. The summed E-state index contributed by atoms with van der Waals surface area (Å²) in [6.45, 7) is 1.60. The van der Waals surface area contributed by atoms with Gasteiger partial charge in [0.1, 0.15) is 5.75 Å². The van der Waals surface area contributed by atoms with Crippen molar-refractivity contribution in [2.75, 3.05) is 6.61 Å². The van der Waals surface area contributed by atoms with Crippen molar-refractivity contribution in [2.24, 2.45) is 0 Å². The minimum atomic E-state index is -0.458. The Balaban J connectivity index is 1.74. The summed E-state index contributed by atoms with van der Waals surface area (Å²) in [6, 6.07) is 13.7. The van der Waals surface area contributed by atoms with Crippen LogP contribution < -0.4 is 20.9 Å². The van der Waals surface area contributed by atoms with Crippen LogP contribution in [0.15, 0.2) is 48.5 Å². The Morgan fingerprint density at radius 1 is 1.12 bits per heavy atom. The van der Waals surface area contributed by atoms with E-state index in [1.807, 2.05) is 6.92 Å². The molecular weight excluding hydrogens is 362 g/mol. The summed E-state index contributed by atoms with van der Waals surface area (Å²) < 4.78 is 5.40. The maximum absolute atomic E-state index is 11.8. The van der Waals surface area contributed by atoms with Gasteiger partial charge in [-0.25, -0.2) is 0 Å². The van der Waals surface area contributed by atoms with Gasteiger partial charge in [-0.3, -0.25) is 25.8 Å². The molecule has 0 radical (unpaired) electrons. The summed E-state index contributed by atoms with van der Waals surface area (Å²) in [5.41, 5.74) is 6.13. The van der Waals surface area contributed by atoms with E-state index in [-0.39, 0.29) is 17.6 Å². The molecule has 0 heterocycles. The van der Waals surface area contributed by atoms with Crippen molar-refractivity contribution >= 4 is 40.7 Å². The second kappa shape index (κ2) is 9.00. The zero-order valence-corrected chi connectivity index (χ0v) is 14.9. The van der Waals surface area contributed by atoms with Crippen molar-refractivity contribution in [3.05, 3.63) is 64.7 Å². The predicted octanol–water partition coefficient (Wildman–Crippen LogP) is 2.36. The summed E-state index contributed by atoms with van der Waals surface area (Å²) in [7, 11) is 0. The third-order valence-corrected chi connectivity index (χ3v) is 3.51. The Hall–Kier alpha value is -2.64. The number of aryl methyl sites for hydroxylation is 1. The molecule has 3 N–H and O–H groups in total. The molecule has 0 unspecified atom stereocenters. The van der Waals surface area contributed by atoms with Gasteiger partial charge in [0.05, 0.1) is 0 Å². The minimum absolute atomic E-state index is 0.0364. The van der Waals surface area contributed by atoms with Crippen LogP contribution in [0.2, 0.25) is 5.02 Å². The van der Waals surface area contributed by atoms with E-state index in [0.717, 1.165) is 5.56 Å². The zero-order valence-electron chi connectivity index (χ0n) is 13.3. The van der Waals surface area contributed by atoms with Crippen LogP contribution in [0.25, 0.3) is 0 Å². The molecule has 0 aliphatic carbocycles. The van der Waals surface area contributed by atoms with Crippen molar-refractivity contribution < 1.29 is 14.3 Å². The first kappa shape index (κ1) is 18.7. The van der Waals surface area contributed by atoms with Crippen molar-refractivity contribution in [3.8, 4) is 5.75 Å². The Kier molecular flexibility index (Phi) is 6.73. The Labute approximate surface area is 155 Å². The number of ether oxygens (including phenoxy) is 1. The fraction of sp³-hybridized carbons (Fsp3) is 0.118. The van der Waals surface area contributed by atoms with Crippen LogP contribution in [0.3, 0.4) is 0 Å². The van der Waals surface area contributed by atoms with Gasteiger partial charge in [-0.2, -0.15) is 0 Å². The largest absolute Gasteiger partial charge is 0.483 e. The highest BCUT2D eigenvalue weighted by atomic mass is 35.5. The van der Waals surface area contributed by atoms with Crippen molar-refractivity contribution in [2.45, 2.75) is 6.92 Å². The maximum atomic E-state index is 11.8. The minimum Gasteiger partial charge on any atom is -0.483 e. The van der Waals surface area contributed by atoms with Gasteiger partial charge in [-0.05, 0) is 55.0 Å². The number of rotatable bonds is 4. The number of amides is 2. The lowest BCUT2D eigenvalue weighted by molar-refractivity contribution is -0.121. The Morgan fingerprint density at radius 2 is 1.84 bits per heavy atom. The highest BCUT2D eigenvalue weighted by Crippen LogP contribution is 2.21. The van der Waals surface area contributed by atoms with Crippen LogP contribution >= 0.6 is 23.8 Å². The summed E-state index contributed by atoms with van der Waals surface area (Å²) in [6.07, 6.45) is 0. The lowest BCUT2D eigenvalue weighted by Crippen LogP contribution is -2.49. The molecule has 2 rings (SSSR count). The first-order chi connectivity index (χ1) is 12.0. The van der Waals surface area contributed by atoms with E-state index in [1.165, 1.54) is 0 Å². The molecule has 0 aromatic heterocycles. The third-order valence-electron chi connectivity index (χ3n) is 3.07. The molecular formula is C17H16ClN3O3S. The quantitative estimate of drug-likeness (QED) is 0.563. The van der Waals surface area contributed by atoms with E-state index in [2.05, 4.69) is 16.2 Å². The molecule has 8 heteroatoms. The first-order valence-electron chi connectivity index (χ1n) is 7.30. The number of thiocarbonyl (C=S) groups is 1. The van der Waals surface area contributed by atoms with Crippen molar-refractivity contribution in [1.82, 2.24) is 16.2 Å².